The Balaban J connectivity index is 1.80. The summed E-state index contributed by atoms with van der Waals surface area (Å²) in [6.07, 6.45) is 1.79. The van der Waals surface area contributed by atoms with E-state index in [4.69, 9.17) is 0 Å². The van der Waals surface area contributed by atoms with Crippen molar-refractivity contribution in [3.8, 4) is 0 Å². The summed E-state index contributed by atoms with van der Waals surface area (Å²) in [5, 5.41) is 0. The number of nitrogens with zero attached hydrogens (tertiary/aromatic N) is 1. The van der Waals surface area contributed by atoms with Crippen LogP contribution >= 0.6 is 0 Å². The van der Waals surface area contributed by atoms with Crippen molar-refractivity contribution < 1.29 is 9.18 Å². The average molecular weight is 314 g/mol. The lowest BCUT2D eigenvalue weighted by molar-refractivity contribution is 0.0705. The third-order valence-electron chi connectivity index (χ3n) is 4.22. The van der Waals surface area contributed by atoms with E-state index in [2.05, 4.69) is 4.98 Å². The Kier molecular flexibility index (Phi) is 4.28. The van der Waals surface area contributed by atoms with E-state index in [9.17, 15) is 14.0 Å². The van der Waals surface area contributed by atoms with Gasteiger partial charge >= 0.3 is 0 Å². The molecule has 0 aliphatic carbocycles. The molecule has 1 saturated heterocycles. The van der Waals surface area contributed by atoms with Gasteiger partial charge in [0.1, 0.15) is 5.82 Å². The molecule has 0 spiro atoms. The van der Waals surface area contributed by atoms with Crippen LogP contribution in [0.3, 0.4) is 0 Å². The zero-order valence-electron chi connectivity index (χ0n) is 13.0. The maximum Gasteiger partial charge on any atom is 0.253 e. The fraction of sp³-hybridized carbons (Fsp3) is 0.333. The summed E-state index contributed by atoms with van der Waals surface area (Å²) >= 11 is 0. The van der Waals surface area contributed by atoms with Crippen molar-refractivity contribution in [1.82, 2.24) is 9.88 Å². The number of benzene rings is 1. The van der Waals surface area contributed by atoms with Gasteiger partial charge in [-0.1, -0.05) is 6.07 Å². The lowest BCUT2D eigenvalue weighted by atomic mass is 9.93. The van der Waals surface area contributed by atoms with Crippen LogP contribution in [-0.4, -0.2) is 28.9 Å². The number of aromatic nitrogens is 1. The standard InChI is InChI=1S/C18H19FN2O2/c1-12-8-16(22)10-17(20-12)14-5-3-7-21(11-14)18(23)13-4-2-6-15(19)9-13/h2,4,6,8-10,14H,3,5,7,11H2,1H3,(H,20,22). The van der Waals surface area contributed by atoms with Crippen molar-refractivity contribution in [1.29, 1.82) is 0 Å². The molecule has 4 nitrogen and oxygen atoms in total. The molecule has 3 rings (SSSR count). The normalized spacial score (nSPS) is 18.0. The van der Waals surface area contributed by atoms with Gasteiger partial charge in [-0.15, -0.1) is 0 Å². The molecule has 1 aliphatic heterocycles. The van der Waals surface area contributed by atoms with E-state index in [1.54, 1.807) is 29.2 Å². The first-order chi connectivity index (χ1) is 11.0. The number of aromatic amines is 1. The van der Waals surface area contributed by atoms with Crippen LogP contribution < -0.4 is 5.43 Å². The zero-order chi connectivity index (χ0) is 16.4. The van der Waals surface area contributed by atoms with Crippen molar-refractivity contribution in [3.63, 3.8) is 0 Å². The first-order valence-electron chi connectivity index (χ1n) is 7.78. The SMILES string of the molecule is Cc1cc(=O)cc(C2CCCN(C(=O)c3cccc(F)c3)C2)[nH]1. The fourth-order valence-corrected chi connectivity index (χ4v) is 3.15. The number of aryl methyl sites for hydroxylation is 1. The Hall–Kier alpha value is -2.43. The smallest absolute Gasteiger partial charge is 0.253 e. The van der Waals surface area contributed by atoms with Crippen LogP contribution in [0.5, 0.6) is 0 Å². The molecule has 5 heteroatoms. The van der Waals surface area contributed by atoms with Crippen molar-refractivity contribution >= 4 is 5.91 Å². The molecule has 1 unspecified atom stereocenters. The molecule has 1 aromatic carbocycles. The summed E-state index contributed by atoms with van der Waals surface area (Å²) in [6, 6.07) is 8.93. The van der Waals surface area contributed by atoms with E-state index in [0.717, 1.165) is 24.2 Å². The predicted molar refractivity (Wildman–Crippen MR) is 86.1 cm³/mol. The first kappa shape index (κ1) is 15.5. The molecule has 1 aromatic heterocycles. The Morgan fingerprint density at radius 1 is 1.30 bits per heavy atom. The number of likely N-dealkylation sites (tertiary alicyclic amines) is 1. The van der Waals surface area contributed by atoms with E-state index >= 15 is 0 Å². The Bertz CT molecular complexity index is 785. The Labute approximate surface area is 134 Å². The number of carbonyl (C=O) groups excluding carboxylic acids is 1. The second-order valence-electron chi connectivity index (χ2n) is 6.06. The quantitative estimate of drug-likeness (QED) is 0.926. The molecule has 1 N–H and O–H groups in total. The van der Waals surface area contributed by atoms with Gasteiger partial charge in [-0.3, -0.25) is 9.59 Å². The number of rotatable bonds is 2. The van der Waals surface area contributed by atoms with Gasteiger partial charge in [0.2, 0.25) is 0 Å². The number of piperidine rings is 1. The Morgan fingerprint density at radius 3 is 2.87 bits per heavy atom. The van der Waals surface area contributed by atoms with Gasteiger partial charge < -0.3 is 9.88 Å². The molecule has 1 atom stereocenters. The molecule has 0 bridgehead atoms. The van der Waals surface area contributed by atoms with E-state index in [1.807, 2.05) is 6.92 Å². The number of hydrogen-bond donors (Lipinski definition) is 1. The molecule has 1 aliphatic rings. The summed E-state index contributed by atoms with van der Waals surface area (Å²) in [5.41, 5.74) is 2.03. The second kappa shape index (κ2) is 6.36. The van der Waals surface area contributed by atoms with E-state index < -0.39 is 5.82 Å². The second-order valence-corrected chi connectivity index (χ2v) is 6.06. The van der Waals surface area contributed by atoms with Gasteiger partial charge in [0.05, 0.1) is 0 Å². The van der Waals surface area contributed by atoms with Crippen molar-refractivity contribution in [2.45, 2.75) is 25.7 Å². The molecular weight excluding hydrogens is 295 g/mol. The molecule has 0 radical (unpaired) electrons. The molecule has 2 aromatic rings. The number of carbonyl (C=O) groups is 1. The summed E-state index contributed by atoms with van der Waals surface area (Å²) in [7, 11) is 0. The summed E-state index contributed by atoms with van der Waals surface area (Å²) in [5.74, 6) is -0.467. The van der Waals surface area contributed by atoms with Gasteiger partial charge in [0.25, 0.3) is 5.91 Å². The van der Waals surface area contributed by atoms with Crippen LogP contribution in [0.1, 0.15) is 40.5 Å². The minimum absolute atomic E-state index is 0.0233. The highest BCUT2D eigenvalue weighted by Gasteiger charge is 2.26. The van der Waals surface area contributed by atoms with Crippen LogP contribution in [0, 0.1) is 12.7 Å². The number of halogens is 1. The summed E-state index contributed by atoms with van der Waals surface area (Å²) in [6.45, 7) is 3.04. The highest BCUT2D eigenvalue weighted by atomic mass is 19.1. The van der Waals surface area contributed by atoms with Gasteiger partial charge in [-0.25, -0.2) is 4.39 Å². The van der Waals surface area contributed by atoms with Gasteiger partial charge in [0.15, 0.2) is 5.43 Å². The van der Waals surface area contributed by atoms with Crippen LogP contribution in [0.2, 0.25) is 0 Å². The molecule has 1 amide bonds. The van der Waals surface area contributed by atoms with Crippen LogP contribution in [0.25, 0.3) is 0 Å². The first-order valence-corrected chi connectivity index (χ1v) is 7.78. The summed E-state index contributed by atoms with van der Waals surface area (Å²) < 4.78 is 13.3. The van der Waals surface area contributed by atoms with Crippen molar-refractivity contribution in [2.75, 3.05) is 13.1 Å². The highest BCUT2D eigenvalue weighted by Crippen LogP contribution is 2.26. The molecule has 23 heavy (non-hydrogen) atoms. The van der Waals surface area contributed by atoms with Crippen LogP contribution in [0.4, 0.5) is 4.39 Å². The highest BCUT2D eigenvalue weighted by molar-refractivity contribution is 5.94. The van der Waals surface area contributed by atoms with E-state index in [0.29, 0.717) is 18.7 Å². The fourth-order valence-electron chi connectivity index (χ4n) is 3.15. The average Bonchev–Trinajstić information content (AvgIpc) is 2.53. The lowest BCUT2D eigenvalue weighted by Crippen LogP contribution is -2.39. The number of hydrogen-bond acceptors (Lipinski definition) is 2. The molecule has 120 valence electrons. The molecule has 1 fully saturated rings. The lowest BCUT2D eigenvalue weighted by Gasteiger charge is -2.33. The van der Waals surface area contributed by atoms with Crippen molar-refractivity contribution in [3.05, 3.63) is 69.4 Å². The topological polar surface area (TPSA) is 53.2 Å². The molecule has 2 heterocycles. The van der Waals surface area contributed by atoms with Crippen LogP contribution in [0.15, 0.2) is 41.2 Å². The number of H-pyrrole nitrogens is 1. The minimum Gasteiger partial charge on any atom is -0.362 e. The number of amides is 1. The number of nitrogens with one attached hydrogen (secondary N) is 1. The van der Waals surface area contributed by atoms with Gasteiger partial charge in [-0.05, 0) is 38.0 Å². The molecule has 0 saturated carbocycles. The monoisotopic (exact) mass is 314 g/mol. The maximum absolute atomic E-state index is 13.3. The third kappa shape index (κ3) is 3.50. The van der Waals surface area contributed by atoms with Crippen LogP contribution in [-0.2, 0) is 0 Å². The van der Waals surface area contributed by atoms with E-state index in [1.165, 1.54) is 12.1 Å². The third-order valence-corrected chi connectivity index (χ3v) is 4.22. The predicted octanol–water partition coefficient (Wildman–Crippen LogP) is 2.84. The van der Waals surface area contributed by atoms with Gasteiger partial charge in [-0.2, -0.15) is 0 Å². The zero-order valence-corrected chi connectivity index (χ0v) is 13.0. The maximum atomic E-state index is 13.3. The molecular formula is C18H19FN2O2. The minimum atomic E-state index is -0.410. The van der Waals surface area contributed by atoms with E-state index in [-0.39, 0.29) is 17.3 Å². The number of pyridine rings is 1. The van der Waals surface area contributed by atoms with Gasteiger partial charge in [0, 0.05) is 48.1 Å². The Morgan fingerprint density at radius 2 is 2.13 bits per heavy atom. The summed E-state index contributed by atoms with van der Waals surface area (Å²) in [4.78, 5) is 29.2. The van der Waals surface area contributed by atoms with Crippen molar-refractivity contribution in [2.24, 2.45) is 0 Å². The largest absolute Gasteiger partial charge is 0.362 e.